The Morgan fingerprint density at radius 2 is 1.95 bits per heavy atom. The SMILES string of the molecule is COC(=O)CN(CCCOc1ccc(F)cc1)C(C)C. The first kappa shape index (κ1) is 16.4. The van der Waals surface area contributed by atoms with Crippen molar-refractivity contribution in [1.82, 2.24) is 4.90 Å². The first-order valence-corrected chi connectivity index (χ1v) is 6.72. The number of methoxy groups -OCH3 is 1. The molecule has 112 valence electrons. The molecule has 5 heteroatoms. The molecule has 0 aliphatic carbocycles. The molecule has 0 aliphatic heterocycles. The molecular weight excluding hydrogens is 261 g/mol. The predicted molar refractivity (Wildman–Crippen MR) is 75.2 cm³/mol. The summed E-state index contributed by atoms with van der Waals surface area (Å²) in [6.45, 7) is 5.61. The van der Waals surface area contributed by atoms with E-state index in [0.717, 1.165) is 13.0 Å². The zero-order valence-corrected chi connectivity index (χ0v) is 12.3. The Balaban J connectivity index is 2.30. The molecule has 4 nitrogen and oxygen atoms in total. The van der Waals surface area contributed by atoms with Crippen molar-refractivity contribution in [2.75, 3.05) is 26.8 Å². The number of hydrogen-bond acceptors (Lipinski definition) is 4. The highest BCUT2D eigenvalue weighted by Crippen LogP contribution is 2.11. The molecule has 0 spiro atoms. The lowest BCUT2D eigenvalue weighted by molar-refractivity contribution is -0.142. The van der Waals surface area contributed by atoms with E-state index in [4.69, 9.17) is 4.74 Å². The van der Waals surface area contributed by atoms with Gasteiger partial charge in [0.1, 0.15) is 11.6 Å². The molecule has 0 unspecified atom stereocenters. The van der Waals surface area contributed by atoms with Crippen LogP contribution < -0.4 is 4.74 Å². The summed E-state index contributed by atoms with van der Waals surface area (Å²) in [6.07, 6.45) is 0.784. The molecule has 0 saturated heterocycles. The second kappa shape index (κ2) is 8.53. The van der Waals surface area contributed by atoms with E-state index >= 15 is 0 Å². The van der Waals surface area contributed by atoms with Crippen LogP contribution in [0.25, 0.3) is 0 Å². The number of halogens is 1. The van der Waals surface area contributed by atoms with Crippen LogP contribution in [0.2, 0.25) is 0 Å². The molecule has 0 aliphatic rings. The van der Waals surface area contributed by atoms with Crippen LogP contribution in [-0.2, 0) is 9.53 Å². The fourth-order valence-electron chi connectivity index (χ4n) is 1.74. The van der Waals surface area contributed by atoms with Crippen LogP contribution in [0.15, 0.2) is 24.3 Å². The first-order valence-electron chi connectivity index (χ1n) is 6.72. The second-order valence-electron chi connectivity index (χ2n) is 4.80. The minimum Gasteiger partial charge on any atom is -0.494 e. The summed E-state index contributed by atoms with van der Waals surface area (Å²) in [5.74, 6) is 0.134. The van der Waals surface area contributed by atoms with Gasteiger partial charge in [-0.1, -0.05) is 0 Å². The average Bonchev–Trinajstić information content (AvgIpc) is 2.43. The summed E-state index contributed by atoms with van der Waals surface area (Å²) in [6, 6.07) is 6.20. The van der Waals surface area contributed by atoms with E-state index in [1.807, 2.05) is 18.7 Å². The number of ether oxygens (including phenoxy) is 2. The van der Waals surface area contributed by atoms with E-state index in [1.165, 1.54) is 19.2 Å². The van der Waals surface area contributed by atoms with Gasteiger partial charge in [-0.15, -0.1) is 0 Å². The van der Waals surface area contributed by atoms with E-state index in [0.29, 0.717) is 12.4 Å². The van der Waals surface area contributed by atoms with Crippen molar-refractivity contribution < 1.29 is 18.7 Å². The average molecular weight is 283 g/mol. The summed E-state index contributed by atoms with van der Waals surface area (Å²) in [5, 5.41) is 0. The summed E-state index contributed by atoms with van der Waals surface area (Å²) >= 11 is 0. The van der Waals surface area contributed by atoms with E-state index in [-0.39, 0.29) is 24.4 Å². The Hall–Kier alpha value is -1.62. The standard InChI is InChI=1S/C15H22FNO3/c1-12(2)17(11-15(18)19-3)9-4-10-20-14-7-5-13(16)6-8-14/h5-8,12H,4,9-11H2,1-3H3. The number of benzene rings is 1. The van der Waals surface area contributed by atoms with Gasteiger partial charge in [0.2, 0.25) is 0 Å². The van der Waals surface area contributed by atoms with Gasteiger partial charge >= 0.3 is 5.97 Å². The van der Waals surface area contributed by atoms with E-state index in [2.05, 4.69) is 4.74 Å². The highest BCUT2D eigenvalue weighted by Gasteiger charge is 2.13. The highest BCUT2D eigenvalue weighted by molar-refractivity contribution is 5.71. The third-order valence-electron chi connectivity index (χ3n) is 2.96. The third kappa shape index (κ3) is 6.02. The van der Waals surface area contributed by atoms with Gasteiger partial charge in [-0.25, -0.2) is 4.39 Å². The van der Waals surface area contributed by atoms with Gasteiger partial charge in [-0.2, -0.15) is 0 Å². The maximum atomic E-state index is 12.7. The number of carbonyl (C=O) groups excluding carboxylic acids is 1. The van der Waals surface area contributed by atoms with Gasteiger partial charge in [0.25, 0.3) is 0 Å². The fraction of sp³-hybridized carbons (Fsp3) is 0.533. The molecule has 0 bridgehead atoms. The zero-order chi connectivity index (χ0) is 15.0. The number of hydrogen-bond donors (Lipinski definition) is 0. The third-order valence-corrected chi connectivity index (χ3v) is 2.96. The fourth-order valence-corrected chi connectivity index (χ4v) is 1.74. The highest BCUT2D eigenvalue weighted by atomic mass is 19.1. The Kier molecular flexibility index (Phi) is 7.01. The van der Waals surface area contributed by atoms with Crippen LogP contribution in [-0.4, -0.2) is 43.7 Å². The van der Waals surface area contributed by atoms with Crippen molar-refractivity contribution in [3.05, 3.63) is 30.1 Å². The number of rotatable bonds is 8. The van der Waals surface area contributed by atoms with Gasteiger partial charge in [0, 0.05) is 12.6 Å². The van der Waals surface area contributed by atoms with Crippen molar-refractivity contribution in [3.63, 3.8) is 0 Å². The topological polar surface area (TPSA) is 38.8 Å². The Morgan fingerprint density at radius 1 is 1.30 bits per heavy atom. The first-order chi connectivity index (χ1) is 9.52. The molecular formula is C15H22FNO3. The van der Waals surface area contributed by atoms with Crippen LogP contribution in [0.3, 0.4) is 0 Å². The molecule has 0 amide bonds. The Morgan fingerprint density at radius 3 is 2.50 bits per heavy atom. The molecule has 0 aromatic heterocycles. The van der Waals surface area contributed by atoms with Gasteiger partial charge in [0.15, 0.2) is 0 Å². The minimum atomic E-state index is -0.276. The molecule has 0 atom stereocenters. The molecule has 0 heterocycles. The van der Waals surface area contributed by atoms with Gasteiger partial charge in [-0.05, 0) is 44.5 Å². The van der Waals surface area contributed by atoms with Crippen molar-refractivity contribution in [3.8, 4) is 5.75 Å². The maximum Gasteiger partial charge on any atom is 0.319 e. The predicted octanol–water partition coefficient (Wildman–Crippen LogP) is 2.48. The molecule has 0 fully saturated rings. The Bertz CT molecular complexity index is 406. The molecule has 1 aromatic rings. The number of nitrogens with zero attached hydrogens (tertiary/aromatic N) is 1. The van der Waals surface area contributed by atoms with E-state index < -0.39 is 0 Å². The quantitative estimate of drug-likeness (QED) is 0.543. The summed E-state index contributed by atoms with van der Waals surface area (Å²) < 4.78 is 22.9. The molecule has 0 radical (unpaired) electrons. The molecule has 20 heavy (non-hydrogen) atoms. The molecule has 1 aromatic carbocycles. The normalized spacial score (nSPS) is 10.9. The van der Waals surface area contributed by atoms with Crippen LogP contribution in [0.4, 0.5) is 4.39 Å². The van der Waals surface area contributed by atoms with Crippen molar-refractivity contribution in [1.29, 1.82) is 0 Å². The lowest BCUT2D eigenvalue weighted by Gasteiger charge is -2.24. The van der Waals surface area contributed by atoms with Crippen molar-refractivity contribution in [2.45, 2.75) is 26.3 Å². The lowest BCUT2D eigenvalue weighted by atomic mass is 10.3. The summed E-state index contributed by atoms with van der Waals surface area (Å²) in [7, 11) is 1.39. The number of esters is 1. The Labute approximate surface area is 119 Å². The number of carbonyl (C=O) groups is 1. The maximum absolute atomic E-state index is 12.7. The van der Waals surface area contributed by atoms with E-state index in [9.17, 15) is 9.18 Å². The van der Waals surface area contributed by atoms with Gasteiger partial charge < -0.3 is 9.47 Å². The van der Waals surface area contributed by atoms with Gasteiger partial charge in [0.05, 0.1) is 20.3 Å². The monoisotopic (exact) mass is 283 g/mol. The van der Waals surface area contributed by atoms with Crippen molar-refractivity contribution in [2.24, 2.45) is 0 Å². The lowest BCUT2D eigenvalue weighted by Crippen LogP contribution is -2.37. The van der Waals surface area contributed by atoms with E-state index in [1.54, 1.807) is 12.1 Å². The smallest absolute Gasteiger partial charge is 0.319 e. The molecule has 0 saturated carbocycles. The summed E-state index contributed by atoms with van der Waals surface area (Å²) in [5.41, 5.74) is 0. The van der Waals surface area contributed by atoms with Gasteiger partial charge in [-0.3, -0.25) is 9.69 Å². The largest absolute Gasteiger partial charge is 0.494 e. The van der Waals surface area contributed by atoms with Crippen LogP contribution >= 0.6 is 0 Å². The van der Waals surface area contributed by atoms with Crippen molar-refractivity contribution >= 4 is 5.97 Å². The van der Waals surface area contributed by atoms with Crippen LogP contribution in [0.5, 0.6) is 5.75 Å². The van der Waals surface area contributed by atoms with Crippen LogP contribution in [0, 0.1) is 5.82 Å². The zero-order valence-electron chi connectivity index (χ0n) is 12.3. The van der Waals surface area contributed by atoms with Crippen LogP contribution in [0.1, 0.15) is 20.3 Å². The molecule has 0 N–H and O–H groups in total. The second-order valence-corrected chi connectivity index (χ2v) is 4.80. The molecule has 1 rings (SSSR count). The minimum absolute atomic E-state index is 0.238. The summed E-state index contributed by atoms with van der Waals surface area (Å²) in [4.78, 5) is 13.3.